The van der Waals surface area contributed by atoms with Crippen LogP contribution in [0.15, 0.2) is 18.2 Å². The van der Waals surface area contributed by atoms with E-state index >= 15 is 0 Å². The van der Waals surface area contributed by atoms with Crippen molar-refractivity contribution in [2.45, 2.75) is 32.7 Å². The lowest BCUT2D eigenvalue weighted by Gasteiger charge is -2.39. The van der Waals surface area contributed by atoms with E-state index in [1.807, 2.05) is 4.90 Å². The summed E-state index contributed by atoms with van der Waals surface area (Å²) in [7, 11) is 0. The second-order valence-corrected chi connectivity index (χ2v) is 5.09. The maximum atomic E-state index is 13.7. The molecule has 0 spiro atoms. The normalized spacial score (nSPS) is 17.2. The van der Waals surface area contributed by atoms with Gasteiger partial charge in [0.25, 0.3) is 0 Å². The molecular formula is C15H22F2N2. The van der Waals surface area contributed by atoms with Crippen LogP contribution in [0.5, 0.6) is 0 Å². The molecule has 0 aliphatic carbocycles. The average molecular weight is 268 g/mol. The van der Waals surface area contributed by atoms with E-state index in [2.05, 4.69) is 18.7 Å². The summed E-state index contributed by atoms with van der Waals surface area (Å²) >= 11 is 0. The first-order valence-corrected chi connectivity index (χ1v) is 7.09. The molecule has 0 bridgehead atoms. The smallest absolute Gasteiger partial charge is 0.149 e. The van der Waals surface area contributed by atoms with Gasteiger partial charge in [0.15, 0.2) is 0 Å². The zero-order chi connectivity index (χ0) is 13.8. The molecule has 1 heterocycles. The first-order chi connectivity index (χ1) is 9.15. The number of hydrogen-bond acceptors (Lipinski definition) is 2. The molecule has 106 valence electrons. The topological polar surface area (TPSA) is 6.48 Å². The molecule has 0 radical (unpaired) electrons. The molecule has 1 aromatic rings. The Kier molecular flexibility index (Phi) is 4.75. The Morgan fingerprint density at radius 3 is 2.21 bits per heavy atom. The van der Waals surface area contributed by atoms with E-state index in [4.69, 9.17) is 0 Å². The zero-order valence-corrected chi connectivity index (χ0v) is 11.7. The predicted molar refractivity (Wildman–Crippen MR) is 74.5 cm³/mol. The Balaban J connectivity index is 1.99. The fourth-order valence-corrected chi connectivity index (χ4v) is 2.87. The van der Waals surface area contributed by atoms with Crippen LogP contribution in [0, 0.1) is 11.6 Å². The van der Waals surface area contributed by atoms with Crippen molar-refractivity contribution >= 4 is 5.69 Å². The highest BCUT2D eigenvalue weighted by Crippen LogP contribution is 2.22. The van der Waals surface area contributed by atoms with Gasteiger partial charge in [-0.15, -0.1) is 0 Å². The van der Waals surface area contributed by atoms with Crippen LogP contribution in [0.4, 0.5) is 14.5 Å². The molecule has 2 nitrogen and oxygen atoms in total. The molecule has 0 amide bonds. The van der Waals surface area contributed by atoms with E-state index in [-0.39, 0.29) is 0 Å². The van der Waals surface area contributed by atoms with Crippen molar-refractivity contribution in [1.29, 1.82) is 0 Å². The van der Waals surface area contributed by atoms with Gasteiger partial charge in [-0.3, -0.25) is 4.90 Å². The maximum Gasteiger partial charge on any atom is 0.149 e. The number of piperazine rings is 1. The van der Waals surface area contributed by atoms with Gasteiger partial charge in [0, 0.05) is 38.3 Å². The minimum absolute atomic E-state index is 0.462. The molecule has 2 rings (SSSR count). The van der Waals surface area contributed by atoms with Gasteiger partial charge >= 0.3 is 0 Å². The summed E-state index contributed by atoms with van der Waals surface area (Å²) in [6.45, 7) is 7.92. The molecule has 0 N–H and O–H groups in total. The molecule has 0 aromatic heterocycles. The van der Waals surface area contributed by atoms with Crippen LogP contribution < -0.4 is 4.90 Å². The van der Waals surface area contributed by atoms with Gasteiger partial charge in [-0.1, -0.05) is 13.8 Å². The second kappa shape index (κ2) is 6.33. The summed E-state index contributed by atoms with van der Waals surface area (Å²) in [4.78, 5) is 4.48. The number of rotatable bonds is 4. The van der Waals surface area contributed by atoms with Gasteiger partial charge in [-0.2, -0.15) is 0 Å². The number of hydrogen-bond donors (Lipinski definition) is 0. The fourth-order valence-electron chi connectivity index (χ4n) is 2.87. The summed E-state index contributed by atoms with van der Waals surface area (Å²) in [5.74, 6) is -0.979. The van der Waals surface area contributed by atoms with E-state index in [9.17, 15) is 8.78 Å². The van der Waals surface area contributed by atoms with Crippen molar-refractivity contribution in [3.05, 3.63) is 29.8 Å². The van der Waals surface area contributed by atoms with Crippen LogP contribution in [-0.2, 0) is 0 Å². The molecule has 0 saturated carbocycles. The predicted octanol–water partition coefficient (Wildman–Crippen LogP) is 3.28. The molecule has 1 aliphatic heterocycles. The number of halogens is 2. The molecule has 1 aromatic carbocycles. The Hall–Kier alpha value is -1.16. The lowest BCUT2D eigenvalue weighted by Crippen LogP contribution is -2.50. The summed E-state index contributed by atoms with van der Waals surface area (Å²) in [5, 5.41) is 0. The van der Waals surface area contributed by atoms with Gasteiger partial charge in [0.05, 0.1) is 5.69 Å². The molecule has 0 unspecified atom stereocenters. The van der Waals surface area contributed by atoms with Crippen LogP contribution >= 0.6 is 0 Å². The third kappa shape index (κ3) is 3.24. The van der Waals surface area contributed by atoms with Crippen molar-refractivity contribution in [1.82, 2.24) is 4.90 Å². The van der Waals surface area contributed by atoms with Crippen molar-refractivity contribution in [3.8, 4) is 0 Å². The first kappa shape index (κ1) is 14.3. The van der Waals surface area contributed by atoms with Crippen molar-refractivity contribution in [2.75, 3.05) is 31.1 Å². The van der Waals surface area contributed by atoms with Gasteiger partial charge in [0.2, 0.25) is 0 Å². The second-order valence-electron chi connectivity index (χ2n) is 5.09. The lowest BCUT2D eigenvalue weighted by molar-refractivity contribution is 0.175. The van der Waals surface area contributed by atoms with Gasteiger partial charge < -0.3 is 4.90 Å². The van der Waals surface area contributed by atoms with Crippen molar-refractivity contribution in [2.24, 2.45) is 0 Å². The third-order valence-corrected chi connectivity index (χ3v) is 4.02. The zero-order valence-electron chi connectivity index (χ0n) is 11.7. The van der Waals surface area contributed by atoms with Gasteiger partial charge in [-0.05, 0) is 25.0 Å². The van der Waals surface area contributed by atoms with Crippen LogP contribution in [0.2, 0.25) is 0 Å². The van der Waals surface area contributed by atoms with E-state index in [1.54, 1.807) is 0 Å². The summed E-state index contributed by atoms with van der Waals surface area (Å²) < 4.78 is 26.6. The highest BCUT2D eigenvalue weighted by Gasteiger charge is 2.23. The van der Waals surface area contributed by atoms with E-state index < -0.39 is 11.6 Å². The minimum atomic E-state index is -0.517. The Bertz CT molecular complexity index is 411. The van der Waals surface area contributed by atoms with Crippen LogP contribution in [-0.4, -0.2) is 37.1 Å². The van der Waals surface area contributed by atoms with Crippen molar-refractivity contribution in [3.63, 3.8) is 0 Å². The molecule has 1 aliphatic rings. The molecular weight excluding hydrogens is 246 g/mol. The largest absolute Gasteiger partial charge is 0.367 e. The molecule has 0 atom stereocenters. The molecule has 4 heteroatoms. The lowest BCUT2D eigenvalue weighted by atomic mass is 10.1. The number of anilines is 1. The summed E-state index contributed by atoms with van der Waals surface area (Å²) in [5.41, 5.74) is 0.519. The highest BCUT2D eigenvalue weighted by atomic mass is 19.1. The highest BCUT2D eigenvalue weighted by molar-refractivity contribution is 5.48. The molecule has 1 saturated heterocycles. The number of nitrogens with zero attached hydrogens (tertiary/aromatic N) is 2. The summed E-state index contributed by atoms with van der Waals surface area (Å²) in [6, 6.07) is 4.45. The van der Waals surface area contributed by atoms with E-state index in [0.717, 1.165) is 45.1 Å². The molecule has 19 heavy (non-hydrogen) atoms. The SMILES string of the molecule is CCC(CC)N1CCN(c2ccc(F)cc2F)CC1. The van der Waals surface area contributed by atoms with Crippen LogP contribution in [0.25, 0.3) is 0 Å². The van der Waals surface area contributed by atoms with Gasteiger partial charge in [0.1, 0.15) is 11.6 Å². The quantitative estimate of drug-likeness (QED) is 0.827. The average Bonchev–Trinajstić information content (AvgIpc) is 2.41. The standard InChI is InChI=1S/C15H22F2N2/c1-3-13(4-2)18-7-9-19(10-8-18)15-6-5-12(16)11-14(15)17/h5-6,11,13H,3-4,7-10H2,1-2H3. The Labute approximate surface area is 114 Å². The van der Waals surface area contributed by atoms with Crippen LogP contribution in [0.1, 0.15) is 26.7 Å². The monoisotopic (exact) mass is 268 g/mol. The van der Waals surface area contributed by atoms with Gasteiger partial charge in [-0.25, -0.2) is 8.78 Å². The fraction of sp³-hybridized carbons (Fsp3) is 0.600. The Morgan fingerprint density at radius 2 is 1.68 bits per heavy atom. The van der Waals surface area contributed by atoms with Crippen molar-refractivity contribution < 1.29 is 8.78 Å². The summed E-state index contributed by atoms with van der Waals surface area (Å²) in [6.07, 6.45) is 2.31. The Morgan fingerprint density at radius 1 is 1.05 bits per heavy atom. The maximum absolute atomic E-state index is 13.7. The number of benzene rings is 1. The first-order valence-electron chi connectivity index (χ1n) is 7.09. The third-order valence-electron chi connectivity index (χ3n) is 4.02. The van der Waals surface area contributed by atoms with E-state index in [1.165, 1.54) is 12.1 Å². The van der Waals surface area contributed by atoms with Crippen LogP contribution in [0.3, 0.4) is 0 Å². The van der Waals surface area contributed by atoms with E-state index in [0.29, 0.717) is 11.7 Å². The molecule has 1 fully saturated rings. The minimum Gasteiger partial charge on any atom is -0.367 e.